The molecule has 8 nitrogen and oxygen atoms in total. The fourth-order valence-corrected chi connectivity index (χ4v) is 1.01. The van der Waals surface area contributed by atoms with Crippen LogP contribution in [0.25, 0.3) is 0 Å². The first-order chi connectivity index (χ1) is 8.38. The number of hydrogen-bond acceptors (Lipinski definition) is 4. The molecule has 8 heteroatoms. The number of hydrogen-bond donors (Lipinski definition) is 4. The Labute approximate surface area is 105 Å². The number of carbonyl (C=O) groups excluding carboxylic acids is 2. The van der Waals surface area contributed by atoms with E-state index < -0.39 is 24.6 Å². The summed E-state index contributed by atoms with van der Waals surface area (Å²) in [5.74, 6) is -1.72. The van der Waals surface area contributed by atoms with Crippen LogP contribution in [0.2, 0.25) is 0 Å². The maximum atomic E-state index is 11.4. The first-order valence-corrected chi connectivity index (χ1v) is 5.55. The molecule has 0 saturated carbocycles. The number of urea groups is 1. The fourth-order valence-electron chi connectivity index (χ4n) is 1.01. The van der Waals surface area contributed by atoms with Crippen molar-refractivity contribution in [3.63, 3.8) is 0 Å². The van der Waals surface area contributed by atoms with E-state index in [0.29, 0.717) is 6.54 Å². The first kappa shape index (κ1) is 16.2. The van der Waals surface area contributed by atoms with Gasteiger partial charge < -0.3 is 25.7 Å². The van der Waals surface area contributed by atoms with Gasteiger partial charge in [0, 0.05) is 13.6 Å². The van der Waals surface area contributed by atoms with Crippen LogP contribution in [0.4, 0.5) is 4.79 Å². The van der Waals surface area contributed by atoms with E-state index in [9.17, 15) is 14.4 Å². The highest BCUT2D eigenvalue weighted by Crippen LogP contribution is 1.87. The smallest absolute Gasteiger partial charge is 0.334 e. The zero-order valence-electron chi connectivity index (χ0n) is 10.5. The van der Waals surface area contributed by atoms with E-state index in [4.69, 9.17) is 10.2 Å². The second-order valence-electron chi connectivity index (χ2n) is 3.75. The number of nitrogens with one attached hydrogen (secondary N) is 2. The van der Waals surface area contributed by atoms with Gasteiger partial charge in [0.1, 0.15) is 6.54 Å². The Bertz CT molecular complexity index is 308. The van der Waals surface area contributed by atoms with Crippen LogP contribution in [-0.4, -0.2) is 65.8 Å². The second kappa shape index (κ2) is 8.29. The molecule has 0 spiro atoms. The van der Waals surface area contributed by atoms with Gasteiger partial charge in [0.05, 0.1) is 6.54 Å². The Morgan fingerprint density at radius 1 is 1.28 bits per heavy atom. The Hall–Kier alpha value is -1.83. The predicted molar refractivity (Wildman–Crippen MR) is 63.0 cm³/mol. The molecule has 3 amide bonds. The van der Waals surface area contributed by atoms with Crippen LogP contribution in [0.15, 0.2) is 0 Å². The van der Waals surface area contributed by atoms with Crippen LogP contribution in [0.3, 0.4) is 0 Å². The van der Waals surface area contributed by atoms with Crippen molar-refractivity contribution >= 4 is 17.9 Å². The molecule has 18 heavy (non-hydrogen) atoms. The van der Waals surface area contributed by atoms with Gasteiger partial charge in [-0.15, -0.1) is 0 Å². The molecule has 0 radical (unpaired) electrons. The van der Waals surface area contributed by atoms with Crippen molar-refractivity contribution in [2.24, 2.45) is 0 Å². The average Bonchev–Trinajstić information content (AvgIpc) is 2.32. The summed E-state index contributed by atoms with van der Waals surface area (Å²) >= 11 is 0. The highest BCUT2D eigenvalue weighted by atomic mass is 16.4. The highest BCUT2D eigenvalue weighted by Gasteiger charge is 2.17. The Balaban J connectivity index is 3.96. The SMILES string of the molecule is CCCNC(=O)CN(C)C(=O)NCC(O)C(=O)O. The third-order valence-corrected chi connectivity index (χ3v) is 2.03. The maximum Gasteiger partial charge on any atom is 0.334 e. The van der Waals surface area contributed by atoms with Crippen LogP contribution in [-0.2, 0) is 9.59 Å². The molecule has 0 aromatic rings. The van der Waals surface area contributed by atoms with E-state index in [1.165, 1.54) is 7.05 Å². The minimum atomic E-state index is -1.66. The monoisotopic (exact) mass is 261 g/mol. The van der Waals surface area contributed by atoms with Crippen molar-refractivity contribution in [1.82, 2.24) is 15.5 Å². The quantitative estimate of drug-likeness (QED) is 0.449. The molecular formula is C10H19N3O5. The minimum absolute atomic E-state index is 0.130. The molecular weight excluding hydrogens is 242 g/mol. The molecule has 0 aliphatic carbocycles. The van der Waals surface area contributed by atoms with Gasteiger partial charge in [-0.1, -0.05) is 6.92 Å². The second-order valence-corrected chi connectivity index (χ2v) is 3.75. The molecule has 0 aliphatic rings. The standard InChI is InChI=1S/C10H19N3O5/c1-3-4-11-8(15)6-13(2)10(18)12-5-7(14)9(16)17/h7,14H,3-6H2,1-2H3,(H,11,15)(H,12,18)(H,16,17). The maximum absolute atomic E-state index is 11.4. The summed E-state index contributed by atoms with van der Waals surface area (Å²) in [4.78, 5) is 34.1. The summed E-state index contributed by atoms with van der Waals surface area (Å²) in [6, 6.07) is -0.623. The molecule has 0 aromatic carbocycles. The molecule has 1 atom stereocenters. The highest BCUT2D eigenvalue weighted by molar-refractivity contribution is 5.84. The Morgan fingerprint density at radius 3 is 2.39 bits per heavy atom. The van der Waals surface area contributed by atoms with Gasteiger partial charge in [0.2, 0.25) is 5.91 Å². The van der Waals surface area contributed by atoms with Gasteiger partial charge in [-0.2, -0.15) is 0 Å². The lowest BCUT2D eigenvalue weighted by Crippen LogP contribution is -2.46. The van der Waals surface area contributed by atoms with E-state index in [1.807, 2.05) is 6.92 Å². The predicted octanol–water partition coefficient (Wildman–Crippen LogP) is -1.40. The van der Waals surface area contributed by atoms with E-state index >= 15 is 0 Å². The Morgan fingerprint density at radius 2 is 1.89 bits per heavy atom. The molecule has 0 aromatic heterocycles. The van der Waals surface area contributed by atoms with Crippen molar-refractivity contribution in [2.75, 3.05) is 26.7 Å². The summed E-state index contributed by atoms with van der Waals surface area (Å²) < 4.78 is 0. The molecule has 0 heterocycles. The number of nitrogens with zero attached hydrogens (tertiary/aromatic N) is 1. The van der Waals surface area contributed by atoms with E-state index in [0.717, 1.165) is 11.3 Å². The molecule has 0 aliphatic heterocycles. The van der Waals surface area contributed by atoms with Crippen molar-refractivity contribution < 1.29 is 24.6 Å². The number of carboxylic acids is 1. The first-order valence-electron chi connectivity index (χ1n) is 5.55. The van der Waals surface area contributed by atoms with Crippen LogP contribution in [0.1, 0.15) is 13.3 Å². The summed E-state index contributed by atoms with van der Waals surface area (Å²) in [6.45, 7) is 1.90. The topological polar surface area (TPSA) is 119 Å². The molecule has 0 rings (SSSR count). The molecule has 0 saturated heterocycles. The lowest BCUT2D eigenvalue weighted by Gasteiger charge is -2.18. The van der Waals surface area contributed by atoms with E-state index in [2.05, 4.69) is 10.6 Å². The molecule has 4 N–H and O–H groups in total. The van der Waals surface area contributed by atoms with Gasteiger partial charge in [0.25, 0.3) is 0 Å². The molecule has 1 unspecified atom stereocenters. The van der Waals surface area contributed by atoms with Crippen molar-refractivity contribution in [1.29, 1.82) is 0 Å². The van der Waals surface area contributed by atoms with Gasteiger partial charge >= 0.3 is 12.0 Å². The number of carbonyl (C=O) groups is 3. The van der Waals surface area contributed by atoms with Crippen LogP contribution >= 0.6 is 0 Å². The summed E-state index contributed by atoms with van der Waals surface area (Å²) in [5, 5.41) is 22.1. The molecule has 0 bridgehead atoms. The zero-order chi connectivity index (χ0) is 14.1. The number of likely N-dealkylation sites (N-methyl/N-ethyl adjacent to an activating group) is 1. The number of aliphatic hydroxyl groups is 1. The third-order valence-electron chi connectivity index (χ3n) is 2.03. The van der Waals surface area contributed by atoms with Crippen LogP contribution in [0.5, 0.6) is 0 Å². The van der Waals surface area contributed by atoms with Crippen LogP contribution in [0, 0.1) is 0 Å². The Kier molecular flexibility index (Phi) is 7.45. The number of aliphatic hydroxyl groups excluding tert-OH is 1. The fraction of sp³-hybridized carbons (Fsp3) is 0.700. The van der Waals surface area contributed by atoms with E-state index in [-0.39, 0.29) is 12.5 Å². The normalized spacial score (nSPS) is 11.5. The van der Waals surface area contributed by atoms with Gasteiger partial charge in [-0.05, 0) is 6.42 Å². The van der Waals surface area contributed by atoms with Gasteiger partial charge in [-0.3, -0.25) is 4.79 Å². The van der Waals surface area contributed by atoms with Crippen molar-refractivity contribution in [3.05, 3.63) is 0 Å². The number of carboxylic acid groups (broad SMARTS) is 1. The van der Waals surface area contributed by atoms with Crippen molar-refractivity contribution in [3.8, 4) is 0 Å². The number of aliphatic carboxylic acids is 1. The molecule has 0 fully saturated rings. The molecule has 104 valence electrons. The number of amides is 3. The number of rotatable bonds is 7. The van der Waals surface area contributed by atoms with Crippen molar-refractivity contribution in [2.45, 2.75) is 19.4 Å². The van der Waals surface area contributed by atoms with E-state index in [1.54, 1.807) is 0 Å². The summed E-state index contributed by atoms with van der Waals surface area (Å²) in [5.41, 5.74) is 0. The van der Waals surface area contributed by atoms with Crippen LogP contribution < -0.4 is 10.6 Å². The average molecular weight is 261 g/mol. The summed E-state index contributed by atoms with van der Waals surface area (Å²) in [7, 11) is 1.40. The lowest BCUT2D eigenvalue weighted by molar-refractivity contribution is -0.146. The lowest BCUT2D eigenvalue weighted by atomic mass is 10.3. The van der Waals surface area contributed by atoms with Gasteiger partial charge in [0.15, 0.2) is 6.10 Å². The largest absolute Gasteiger partial charge is 0.479 e. The minimum Gasteiger partial charge on any atom is -0.479 e. The van der Waals surface area contributed by atoms with Gasteiger partial charge in [-0.25, -0.2) is 9.59 Å². The zero-order valence-corrected chi connectivity index (χ0v) is 10.5. The third kappa shape index (κ3) is 6.69. The summed E-state index contributed by atoms with van der Waals surface area (Å²) in [6.07, 6.45) is -0.858.